The summed E-state index contributed by atoms with van der Waals surface area (Å²) >= 11 is 0. The highest BCUT2D eigenvalue weighted by Gasteiger charge is 2.50. The van der Waals surface area contributed by atoms with Crippen LogP contribution >= 0.6 is 0 Å². The summed E-state index contributed by atoms with van der Waals surface area (Å²) in [6, 6.07) is 0. The molecule has 0 heteroatoms. The van der Waals surface area contributed by atoms with Gasteiger partial charge in [-0.1, -0.05) is 400 Å². The molecule has 0 unspecified atom stereocenters. The van der Waals surface area contributed by atoms with Gasteiger partial charge in [0.2, 0.25) is 0 Å². The van der Waals surface area contributed by atoms with Gasteiger partial charge in [-0.2, -0.15) is 0 Å². The van der Waals surface area contributed by atoms with Gasteiger partial charge in [-0.3, -0.25) is 0 Å². The summed E-state index contributed by atoms with van der Waals surface area (Å²) in [6.45, 7) is 50.4. The number of rotatable bonds is 3. The molecule has 0 atom stereocenters. The Balaban J connectivity index is -0.000000167. The topological polar surface area (TPSA) is 0 Å². The third-order valence-corrected chi connectivity index (χ3v) is 25.3. The maximum Gasteiger partial charge on any atom is 0.0300 e. The Bertz CT molecular complexity index is 1900. The first-order valence-electron chi connectivity index (χ1n) is 44.3. The van der Waals surface area contributed by atoms with E-state index in [1.54, 1.807) is 104 Å². The van der Waals surface area contributed by atoms with E-state index in [0.29, 0.717) is 10.8 Å². The van der Waals surface area contributed by atoms with E-state index in [2.05, 4.69) is 83.1 Å². The third kappa shape index (κ3) is 52.6. The second kappa shape index (κ2) is 58.1. The largest absolute Gasteiger partial charge is 0.0776 e. The average Bonchev–Trinajstić information content (AvgIpc) is 0.863. The summed E-state index contributed by atoms with van der Waals surface area (Å²) in [5, 5.41) is 0. The quantitative estimate of drug-likeness (QED) is 0.264. The first-order chi connectivity index (χ1) is 44.3. The third-order valence-electron chi connectivity index (χ3n) is 25.3. The van der Waals surface area contributed by atoms with Crippen LogP contribution in [0.1, 0.15) is 551 Å². The Morgan fingerprint density at radius 3 is 0.808 bits per heavy atom. The van der Waals surface area contributed by atoms with E-state index in [1.807, 2.05) is 69.2 Å². The molecule has 0 amide bonds. The fourth-order valence-corrected chi connectivity index (χ4v) is 17.9. The van der Waals surface area contributed by atoms with E-state index in [1.165, 1.54) is 180 Å². The highest BCUT2D eigenvalue weighted by molar-refractivity contribution is 5.01. The standard InChI is InChI=1S/C14H26.C12H20.C12H22.C11H20.C8H16.C7H14.C6H12.C6H14.2C5H12.C4H10.9CH4/c1-12-4-6-14(7-5-12)10-8-13(2,3)9-11-14;1-2-12-6-9-3-10(7-12)5-11(4-9)8-12;1-11-5-9-12(10-6-11)7-3-2-4-8-12;1-10-4-8-11(9-5-10)6-2-3-7-11;1-3-8(2)6-4-5-7-8;1-7-5-3-2-4-6-7;1-6-4-2-3-5-6;1-5-6(2,3)4;1-5(2,3)4;1-4-5(2)3;1-4(2)3;;;;;;;;;/h12H,4-11H2,1-3H3;9-11H,2-8H2,1H3;11H,2-10H2,1H3;10H,2-9H2,1H3;3-7H2,1-2H3;7H,2-6H2,1H3;6H,2-5H2,1H3;5H2,1-4H3;1-4H3;5H,4H2,1-3H3;4H,1-3H3;9*1H4/i;;;;;7D;6D;5D2;;4D2;4D;;;;;;;;;. The number of hydrogen-bond donors (Lipinski definition) is 0. The molecular weight excluding hydrogens is 1190 g/mol. The lowest BCUT2D eigenvalue weighted by molar-refractivity contribution is -0.0545. The predicted octanol–water partition coefficient (Wildman–Crippen LogP) is 38.0. The molecule has 13 saturated carbocycles. The molecule has 3 spiro atoms. The minimum atomic E-state index is -1.06. The van der Waals surface area contributed by atoms with Gasteiger partial charge in [0.25, 0.3) is 0 Å². The van der Waals surface area contributed by atoms with Gasteiger partial charge in [0.15, 0.2) is 0 Å². The SMILES string of the molecule is C.C.C.C.C.C.C.C.C.CC(C)(C)C.CC1CCC2(CC1)CCC(C)(C)CC2.CC1CCC2(CCCC2)CC1.CC1CCC2(CCCCC2)CC1.CCC1(C)CCCC1.CCC12CC3CC(CC(C3)C1)C2.[2H]C(C)(C)C.[2H]C([2H])(C)C(C)(C)C.[2H]C([2H])(C)C(C)C.[2H]C1(C)CCCC1.[2H]C1(C)CCCCC1. The van der Waals surface area contributed by atoms with Crippen molar-refractivity contribution in [3.8, 4) is 0 Å². The zero-order chi connectivity index (χ0) is 74.1. The first kappa shape index (κ1) is 99.0. The van der Waals surface area contributed by atoms with Crippen LogP contribution in [0.3, 0.4) is 0 Å². The van der Waals surface area contributed by atoms with Crippen molar-refractivity contribution in [3.63, 3.8) is 0 Å². The fourth-order valence-electron chi connectivity index (χ4n) is 17.9. The normalized spacial score (nSPS) is 28.3. The Kier molecular flexibility index (Phi) is 58.1. The molecule has 0 nitrogen and oxygen atoms in total. The Labute approximate surface area is 649 Å². The summed E-state index contributed by atoms with van der Waals surface area (Å²) in [7, 11) is 0. The highest BCUT2D eigenvalue weighted by Crippen LogP contribution is 2.61. The van der Waals surface area contributed by atoms with Crippen LogP contribution in [0.4, 0.5) is 0 Å². The molecular formula is C99H214. The van der Waals surface area contributed by atoms with Crippen molar-refractivity contribution in [1.82, 2.24) is 0 Å². The lowest BCUT2D eigenvalue weighted by Crippen LogP contribution is -2.45. The van der Waals surface area contributed by atoms with E-state index in [9.17, 15) is 0 Å². The predicted molar refractivity (Wildman–Crippen MR) is 473 cm³/mol. The van der Waals surface area contributed by atoms with Crippen molar-refractivity contribution < 1.29 is 9.60 Å². The summed E-state index contributed by atoms with van der Waals surface area (Å²) in [5.41, 5.74) is 4.98. The van der Waals surface area contributed by atoms with Crippen LogP contribution in [0.25, 0.3) is 0 Å². The molecule has 0 aromatic carbocycles. The molecule has 4 bridgehead atoms. The lowest BCUT2D eigenvalue weighted by atomic mass is 9.49. The van der Waals surface area contributed by atoms with Crippen molar-refractivity contribution in [3.05, 3.63) is 0 Å². The summed E-state index contributed by atoms with van der Waals surface area (Å²) < 4.78 is 50.7. The second-order valence-corrected chi connectivity index (χ2v) is 39.2. The van der Waals surface area contributed by atoms with Crippen LogP contribution in [-0.4, -0.2) is 0 Å². The first-order valence-corrected chi connectivity index (χ1v) is 40.8. The molecule has 13 fully saturated rings. The Hall–Kier alpha value is 0. The zero-order valence-electron chi connectivity index (χ0n) is 74.1. The molecule has 0 aromatic heterocycles. The smallest absolute Gasteiger partial charge is 0.0300 e. The minimum Gasteiger partial charge on any atom is -0.0776 e. The van der Waals surface area contributed by atoms with Gasteiger partial charge in [0.1, 0.15) is 0 Å². The van der Waals surface area contributed by atoms with Gasteiger partial charge in [-0.15, -0.1) is 0 Å². The van der Waals surface area contributed by atoms with Gasteiger partial charge in [-0.25, -0.2) is 0 Å². The zero-order valence-corrected chi connectivity index (χ0v) is 67.1. The van der Waals surface area contributed by atoms with Gasteiger partial charge in [0.05, 0.1) is 0 Å². The molecule has 0 aromatic rings. The van der Waals surface area contributed by atoms with Crippen molar-refractivity contribution in [2.24, 2.45) is 102 Å². The molecule has 0 aliphatic heterocycles. The minimum absolute atomic E-state index is 0. The molecule has 0 saturated heterocycles. The molecule has 13 aliphatic rings. The van der Waals surface area contributed by atoms with Gasteiger partial charge < -0.3 is 0 Å². The monoisotopic (exact) mass is 1410 g/mol. The van der Waals surface area contributed by atoms with Gasteiger partial charge >= 0.3 is 0 Å². The highest BCUT2D eigenvalue weighted by atomic mass is 14.5. The second-order valence-electron chi connectivity index (χ2n) is 39.2. The molecule has 0 radical (unpaired) electrons. The molecule has 0 heterocycles. The van der Waals surface area contributed by atoms with Crippen LogP contribution in [0.15, 0.2) is 0 Å². The van der Waals surface area contributed by atoms with Crippen molar-refractivity contribution in [1.29, 1.82) is 0 Å². The Morgan fingerprint density at radius 1 is 0.364 bits per heavy atom. The van der Waals surface area contributed by atoms with E-state index in [-0.39, 0.29) is 95.9 Å². The van der Waals surface area contributed by atoms with Gasteiger partial charge in [-0.05, 0) is 244 Å². The maximum absolute atomic E-state index is 7.63. The molecule has 99 heavy (non-hydrogen) atoms. The van der Waals surface area contributed by atoms with Crippen LogP contribution in [-0.2, 0) is 0 Å². The molecule has 13 rings (SSSR count). The Morgan fingerprint density at radius 2 is 0.596 bits per heavy atom. The van der Waals surface area contributed by atoms with E-state index in [0.717, 1.165) is 88.3 Å². The van der Waals surface area contributed by atoms with Crippen LogP contribution < -0.4 is 0 Å². The van der Waals surface area contributed by atoms with Crippen LogP contribution in [0, 0.1) is 102 Å². The van der Waals surface area contributed by atoms with Crippen molar-refractivity contribution in [2.75, 3.05) is 0 Å². The average molecular weight is 1410 g/mol. The fraction of sp³-hybridized carbons (Fsp3) is 1.00. The summed E-state index contributed by atoms with van der Waals surface area (Å²) in [4.78, 5) is 0. The van der Waals surface area contributed by atoms with Crippen molar-refractivity contribution in [2.45, 2.75) is 541 Å². The van der Waals surface area contributed by atoms with E-state index >= 15 is 0 Å². The summed E-state index contributed by atoms with van der Waals surface area (Å²) in [5.74, 6) is 6.27. The van der Waals surface area contributed by atoms with Crippen LogP contribution in [0.5, 0.6) is 0 Å². The molecule has 0 N–H and O–H groups in total. The molecule has 610 valence electrons. The van der Waals surface area contributed by atoms with E-state index in [4.69, 9.17) is 9.60 Å². The molecule has 13 aliphatic carbocycles. The summed E-state index contributed by atoms with van der Waals surface area (Å²) in [6.07, 6.45) is 65.3. The number of hydrogen-bond acceptors (Lipinski definition) is 0. The maximum atomic E-state index is 7.63. The lowest BCUT2D eigenvalue weighted by Gasteiger charge is -2.56. The van der Waals surface area contributed by atoms with Crippen molar-refractivity contribution >= 4 is 0 Å². The van der Waals surface area contributed by atoms with E-state index < -0.39 is 12.7 Å². The van der Waals surface area contributed by atoms with Crippen LogP contribution in [0.2, 0.25) is 0 Å². The van der Waals surface area contributed by atoms with Gasteiger partial charge in [0, 0.05) is 9.60 Å².